The highest BCUT2D eigenvalue weighted by molar-refractivity contribution is 5.79. The maximum atomic E-state index is 11.0. The number of hydrogen-bond donors (Lipinski definition) is 1. The maximum absolute atomic E-state index is 11.0. The summed E-state index contributed by atoms with van der Waals surface area (Å²) >= 11 is 0. The van der Waals surface area contributed by atoms with E-state index in [1.54, 1.807) is 12.1 Å². The number of benzene rings is 2. The molecule has 0 bridgehead atoms. The Labute approximate surface area is 123 Å². The van der Waals surface area contributed by atoms with Crippen LogP contribution in [-0.2, 0) is 0 Å². The number of rotatable bonds is 5. The Morgan fingerprint density at radius 1 is 1.05 bits per heavy atom. The van der Waals surface area contributed by atoms with Gasteiger partial charge in [-0.25, -0.2) is 0 Å². The van der Waals surface area contributed by atoms with E-state index >= 15 is 0 Å². The third kappa shape index (κ3) is 3.33. The Morgan fingerprint density at radius 3 is 2.27 bits per heavy atom. The number of nitrogens with zero attached hydrogens (tertiary/aromatic N) is 3. The van der Waals surface area contributed by atoms with E-state index in [1.165, 1.54) is 24.4 Å². The van der Waals surface area contributed by atoms with Crippen molar-refractivity contribution in [2.24, 2.45) is 5.16 Å². The predicted octanol–water partition coefficient (Wildman–Crippen LogP) is 3.10. The van der Waals surface area contributed by atoms with E-state index in [0.29, 0.717) is 11.3 Å². The number of oxime groups is 1. The van der Waals surface area contributed by atoms with Gasteiger partial charge in [-0.3, -0.25) is 20.2 Å². The summed E-state index contributed by atoms with van der Waals surface area (Å²) in [6.07, 6.45) is 1.21. The van der Waals surface area contributed by atoms with Gasteiger partial charge in [-0.1, -0.05) is 5.16 Å². The van der Waals surface area contributed by atoms with Crippen LogP contribution in [0.3, 0.4) is 0 Å². The molecule has 0 unspecified atom stereocenters. The molecule has 2 aromatic carbocycles. The van der Waals surface area contributed by atoms with Gasteiger partial charge in [0.05, 0.1) is 22.1 Å². The highest BCUT2D eigenvalue weighted by atomic mass is 16.6. The van der Waals surface area contributed by atoms with E-state index in [0.717, 1.165) is 12.1 Å². The molecule has 9 heteroatoms. The fourth-order valence-corrected chi connectivity index (χ4v) is 1.66. The number of non-ortho nitro benzene ring substituents is 1. The van der Waals surface area contributed by atoms with Gasteiger partial charge >= 0.3 is 5.69 Å². The summed E-state index contributed by atoms with van der Waals surface area (Å²) in [5.74, 6) is 0.186. The number of nitro benzene ring substituents is 2. The second kappa shape index (κ2) is 6.31. The molecule has 0 atom stereocenters. The third-order valence-corrected chi connectivity index (χ3v) is 2.66. The quantitative estimate of drug-likeness (QED) is 0.391. The molecule has 2 aromatic rings. The van der Waals surface area contributed by atoms with E-state index in [4.69, 9.17) is 9.94 Å². The molecule has 22 heavy (non-hydrogen) atoms. The van der Waals surface area contributed by atoms with Gasteiger partial charge in [0.25, 0.3) is 5.69 Å². The lowest BCUT2D eigenvalue weighted by Gasteiger charge is -2.06. The van der Waals surface area contributed by atoms with E-state index < -0.39 is 21.2 Å². The summed E-state index contributed by atoms with van der Waals surface area (Å²) in [6.45, 7) is 0. The minimum absolute atomic E-state index is 0.112. The summed E-state index contributed by atoms with van der Waals surface area (Å²) in [6, 6.07) is 9.31. The van der Waals surface area contributed by atoms with Crippen molar-refractivity contribution >= 4 is 17.6 Å². The molecule has 112 valence electrons. The molecule has 0 amide bonds. The van der Waals surface area contributed by atoms with Crippen LogP contribution in [0.4, 0.5) is 11.4 Å². The molecule has 0 radical (unpaired) electrons. The second-order valence-electron chi connectivity index (χ2n) is 4.08. The summed E-state index contributed by atoms with van der Waals surface area (Å²) in [5, 5.41) is 32.9. The zero-order valence-corrected chi connectivity index (χ0v) is 10.9. The molecule has 0 saturated carbocycles. The Kier molecular flexibility index (Phi) is 4.27. The molecule has 2 rings (SSSR count). The first-order valence-corrected chi connectivity index (χ1v) is 5.89. The van der Waals surface area contributed by atoms with E-state index in [1.807, 2.05) is 0 Å². The molecule has 0 spiro atoms. The van der Waals surface area contributed by atoms with E-state index in [2.05, 4.69) is 5.16 Å². The van der Waals surface area contributed by atoms with Crippen LogP contribution in [0.25, 0.3) is 0 Å². The van der Waals surface area contributed by atoms with Gasteiger partial charge in [0, 0.05) is 6.07 Å². The van der Waals surface area contributed by atoms with Gasteiger partial charge in [-0.2, -0.15) is 0 Å². The smallest absolute Gasteiger partial charge is 0.318 e. The summed E-state index contributed by atoms with van der Waals surface area (Å²) in [5.41, 5.74) is -0.295. The van der Waals surface area contributed by atoms with Crippen molar-refractivity contribution in [3.8, 4) is 11.5 Å². The summed E-state index contributed by atoms with van der Waals surface area (Å²) in [7, 11) is 0. The highest BCUT2D eigenvalue weighted by Gasteiger charge is 2.21. The largest absolute Gasteiger partial charge is 0.450 e. The molecule has 0 fully saturated rings. The van der Waals surface area contributed by atoms with Crippen LogP contribution in [0.15, 0.2) is 47.6 Å². The van der Waals surface area contributed by atoms with Crippen molar-refractivity contribution in [3.63, 3.8) is 0 Å². The zero-order chi connectivity index (χ0) is 16.1. The summed E-state index contributed by atoms with van der Waals surface area (Å²) < 4.78 is 5.37. The van der Waals surface area contributed by atoms with Crippen LogP contribution in [0.1, 0.15) is 5.56 Å². The SMILES string of the molecule is O=[N+]([O-])c1ccc(Oc2ccc(/C=N\O)cc2)c([N+](=O)[O-])c1. The first-order chi connectivity index (χ1) is 10.5. The van der Waals surface area contributed by atoms with Gasteiger partial charge in [0.2, 0.25) is 5.75 Å². The van der Waals surface area contributed by atoms with Gasteiger partial charge in [-0.05, 0) is 35.9 Å². The Hall–Kier alpha value is -3.49. The zero-order valence-electron chi connectivity index (χ0n) is 10.9. The lowest BCUT2D eigenvalue weighted by atomic mass is 10.2. The molecular formula is C13H9N3O6. The molecule has 0 aliphatic heterocycles. The van der Waals surface area contributed by atoms with Gasteiger partial charge in [-0.15, -0.1) is 0 Å². The lowest BCUT2D eigenvalue weighted by Crippen LogP contribution is -1.96. The average molecular weight is 303 g/mol. The average Bonchev–Trinajstić information content (AvgIpc) is 2.49. The first-order valence-electron chi connectivity index (χ1n) is 5.89. The van der Waals surface area contributed by atoms with Crippen LogP contribution in [0, 0.1) is 20.2 Å². The second-order valence-corrected chi connectivity index (χ2v) is 4.08. The standard InChI is InChI=1S/C13H9N3O6/c17-14-8-9-1-4-11(5-2-9)22-13-6-3-10(15(18)19)7-12(13)16(20)21/h1-8,17H/b14-8-. The Balaban J connectivity index is 2.32. The highest BCUT2D eigenvalue weighted by Crippen LogP contribution is 2.34. The minimum Gasteiger partial charge on any atom is -0.450 e. The van der Waals surface area contributed by atoms with E-state index in [9.17, 15) is 20.2 Å². The van der Waals surface area contributed by atoms with Crippen molar-refractivity contribution in [2.75, 3.05) is 0 Å². The Bertz CT molecular complexity index is 742. The van der Waals surface area contributed by atoms with Gasteiger partial charge in [0.15, 0.2) is 0 Å². The lowest BCUT2D eigenvalue weighted by molar-refractivity contribution is -0.394. The van der Waals surface area contributed by atoms with Gasteiger partial charge in [0.1, 0.15) is 5.75 Å². The molecule has 0 aliphatic rings. The molecule has 0 saturated heterocycles. The van der Waals surface area contributed by atoms with Crippen molar-refractivity contribution in [1.29, 1.82) is 0 Å². The predicted molar refractivity (Wildman–Crippen MR) is 75.6 cm³/mol. The topological polar surface area (TPSA) is 128 Å². The number of ether oxygens (including phenoxy) is 1. The van der Waals surface area contributed by atoms with Crippen LogP contribution in [-0.4, -0.2) is 21.3 Å². The molecule has 0 heterocycles. The van der Waals surface area contributed by atoms with Gasteiger partial charge < -0.3 is 9.94 Å². The van der Waals surface area contributed by atoms with Crippen molar-refractivity contribution < 1.29 is 19.8 Å². The molecule has 1 N–H and O–H groups in total. The monoisotopic (exact) mass is 303 g/mol. The molecule has 0 aromatic heterocycles. The van der Waals surface area contributed by atoms with Crippen molar-refractivity contribution in [3.05, 3.63) is 68.3 Å². The normalized spacial score (nSPS) is 10.5. The minimum atomic E-state index is -0.755. The van der Waals surface area contributed by atoms with Crippen LogP contribution in [0.2, 0.25) is 0 Å². The summed E-state index contributed by atoms with van der Waals surface area (Å²) in [4.78, 5) is 20.2. The Morgan fingerprint density at radius 2 is 1.73 bits per heavy atom. The van der Waals surface area contributed by atoms with E-state index in [-0.39, 0.29) is 5.75 Å². The first kappa shape index (κ1) is 14.9. The number of nitro groups is 2. The fraction of sp³-hybridized carbons (Fsp3) is 0. The van der Waals surface area contributed by atoms with Crippen LogP contribution >= 0.6 is 0 Å². The van der Waals surface area contributed by atoms with Crippen LogP contribution < -0.4 is 4.74 Å². The third-order valence-electron chi connectivity index (χ3n) is 2.66. The number of hydrogen-bond acceptors (Lipinski definition) is 7. The van der Waals surface area contributed by atoms with Crippen molar-refractivity contribution in [2.45, 2.75) is 0 Å². The molecule has 0 aliphatic carbocycles. The van der Waals surface area contributed by atoms with Crippen molar-refractivity contribution in [1.82, 2.24) is 0 Å². The molecule has 9 nitrogen and oxygen atoms in total. The maximum Gasteiger partial charge on any atom is 0.318 e. The van der Waals surface area contributed by atoms with Crippen LogP contribution in [0.5, 0.6) is 11.5 Å². The fourth-order valence-electron chi connectivity index (χ4n) is 1.66. The molecular weight excluding hydrogens is 294 g/mol.